The van der Waals surface area contributed by atoms with Crippen molar-refractivity contribution < 1.29 is 19.2 Å². The fraction of sp³-hybridized carbons (Fsp3) is 0.111. The Bertz CT molecular complexity index is 489. The van der Waals surface area contributed by atoms with Gasteiger partial charge in [0, 0.05) is 10.5 Å². The van der Waals surface area contributed by atoms with Crippen molar-refractivity contribution in [2.75, 3.05) is 6.61 Å². The van der Waals surface area contributed by atoms with Crippen molar-refractivity contribution in [1.29, 1.82) is 0 Å². The van der Waals surface area contributed by atoms with Crippen molar-refractivity contribution in [3.8, 4) is 5.75 Å². The van der Waals surface area contributed by atoms with Crippen LogP contribution in [-0.2, 0) is 4.79 Å². The van der Waals surface area contributed by atoms with Crippen LogP contribution in [0.25, 0.3) is 0 Å². The second-order valence-electron chi connectivity index (χ2n) is 2.97. The van der Waals surface area contributed by atoms with Crippen LogP contribution in [0.15, 0.2) is 16.6 Å². The lowest BCUT2D eigenvalue weighted by Gasteiger charge is -2.07. The quantitative estimate of drug-likeness (QED) is 0.496. The normalized spacial score (nSPS) is 9.71. The number of carbonyl (C=O) groups is 2. The maximum atomic E-state index is 10.8. The molecule has 0 atom stereocenters. The van der Waals surface area contributed by atoms with Crippen LogP contribution in [0.4, 0.5) is 5.69 Å². The third-order valence-corrected chi connectivity index (χ3v) is 2.20. The zero-order valence-electron chi connectivity index (χ0n) is 8.38. The molecule has 1 rings (SSSR count). The van der Waals surface area contributed by atoms with Gasteiger partial charge in [0.05, 0.1) is 10.5 Å². The molecule has 0 aliphatic carbocycles. The van der Waals surface area contributed by atoms with Gasteiger partial charge in [-0.1, -0.05) is 15.9 Å². The van der Waals surface area contributed by atoms with Crippen LogP contribution < -0.4 is 10.5 Å². The maximum Gasteiger partial charge on any atom is 0.312 e. The first-order valence-corrected chi connectivity index (χ1v) is 5.09. The van der Waals surface area contributed by atoms with E-state index in [1.54, 1.807) is 0 Å². The molecular weight excluding hydrogens is 296 g/mol. The Hall–Kier alpha value is -1.96. The number of benzene rings is 1. The SMILES string of the molecule is NC(=O)COc1c(C=O)cc(Br)cc1[N+](=O)[O-]. The minimum absolute atomic E-state index is 0.0349. The smallest absolute Gasteiger partial charge is 0.312 e. The molecule has 1 aromatic rings. The van der Waals surface area contributed by atoms with Crippen molar-refractivity contribution in [3.63, 3.8) is 0 Å². The summed E-state index contributed by atoms with van der Waals surface area (Å²) in [6.45, 7) is -0.538. The second kappa shape index (κ2) is 5.39. The molecule has 0 aliphatic heterocycles. The van der Waals surface area contributed by atoms with Gasteiger partial charge < -0.3 is 10.5 Å². The largest absolute Gasteiger partial charge is 0.476 e. The molecule has 8 heteroatoms. The molecule has 2 N–H and O–H groups in total. The maximum absolute atomic E-state index is 10.8. The first-order valence-electron chi connectivity index (χ1n) is 4.30. The number of hydrogen-bond donors (Lipinski definition) is 1. The van der Waals surface area contributed by atoms with Crippen LogP contribution in [0.5, 0.6) is 5.75 Å². The van der Waals surface area contributed by atoms with E-state index in [9.17, 15) is 19.7 Å². The second-order valence-corrected chi connectivity index (χ2v) is 3.89. The van der Waals surface area contributed by atoms with Crippen molar-refractivity contribution in [1.82, 2.24) is 0 Å². The third-order valence-electron chi connectivity index (χ3n) is 1.75. The van der Waals surface area contributed by atoms with E-state index >= 15 is 0 Å². The Labute approximate surface area is 104 Å². The lowest BCUT2D eigenvalue weighted by Crippen LogP contribution is -2.20. The van der Waals surface area contributed by atoms with Gasteiger partial charge in [-0.2, -0.15) is 0 Å². The average molecular weight is 303 g/mol. The fourth-order valence-electron chi connectivity index (χ4n) is 1.12. The third kappa shape index (κ3) is 3.25. The molecule has 7 nitrogen and oxygen atoms in total. The summed E-state index contributed by atoms with van der Waals surface area (Å²) in [6, 6.07) is 2.51. The van der Waals surface area contributed by atoms with Crippen LogP contribution in [0, 0.1) is 10.1 Å². The monoisotopic (exact) mass is 302 g/mol. The van der Waals surface area contributed by atoms with Gasteiger partial charge in [0.25, 0.3) is 5.91 Å². The van der Waals surface area contributed by atoms with E-state index in [0.717, 1.165) is 0 Å². The summed E-state index contributed by atoms with van der Waals surface area (Å²) in [4.78, 5) is 31.4. The number of rotatable bonds is 5. The molecule has 1 amide bonds. The Morgan fingerprint density at radius 2 is 2.24 bits per heavy atom. The molecular formula is C9H7BrN2O5. The average Bonchev–Trinajstić information content (AvgIpc) is 2.25. The van der Waals surface area contributed by atoms with Crippen molar-refractivity contribution in [2.45, 2.75) is 0 Å². The van der Waals surface area contributed by atoms with Crippen LogP contribution >= 0.6 is 15.9 Å². The van der Waals surface area contributed by atoms with Gasteiger partial charge in [0.2, 0.25) is 5.75 Å². The summed E-state index contributed by atoms with van der Waals surface area (Å²) >= 11 is 3.03. The van der Waals surface area contributed by atoms with Crippen molar-refractivity contribution in [2.24, 2.45) is 5.73 Å². The highest BCUT2D eigenvalue weighted by Gasteiger charge is 2.21. The van der Waals surface area contributed by atoms with E-state index in [1.165, 1.54) is 12.1 Å². The molecule has 90 valence electrons. The summed E-state index contributed by atoms with van der Waals surface area (Å²) in [6.07, 6.45) is 0.397. The first-order chi connectivity index (χ1) is 7.95. The summed E-state index contributed by atoms with van der Waals surface area (Å²) in [7, 11) is 0. The van der Waals surface area contributed by atoms with Crippen LogP contribution in [0.2, 0.25) is 0 Å². The molecule has 0 bridgehead atoms. The van der Waals surface area contributed by atoms with E-state index in [1.807, 2.05) is 0 Å². The highest BCUT2D eigenvalue weighted by atomic mass is 79.9. The Morgan fingerprint density at radius 1 is 1.59 bits per heavy atom. The van der Waals surface area contributed by atoms with E-state index in [0.29, 0.717) is 10.8 Å². The molecule has 0 saturated carbocycles. The summed E-state index contributed by atoms with van der Waals surface area (Å²) in [5.74, 6) is -1.06. The van der Waals surface area contributed by atoms with Gasteiger partial charge >= 0.3 is 5.69 Å². The number of nitro groups is 1. The molecule has 0 radical (unpaired) electrons. The number of halogens is 1. The lowest BCUT2D eigenvalue weighted by atomic mass is 10.2. The Balaban J connectivity index is 3.26. The van der Waals surface area contributed by atoms with Gasteiger partial charge in [-0.05, 0) is 6.07 Å². The number of nitro benzene ring substituents is 1. The molecule has 0 aromatic heterocycles. The van der Waals surface area contributed by atoms with Crippen LogP contribution in [0.3, 0.4) is 0 Å². The number of nitrogens with two attached hydrogens (primary N) is 1. The topological polar surface area (TPSA) is 113 Å². The molecule has 0 unspecified atom stereocenters. The van der Waals surface area contributed by atoms with Gasteiger partial charge in [-0.3, -0.25) is 19.7 Å². The van der Waals surface area contributed by atoms with Gasteiger partial charge in [0.1, 0.15) is 0 Å². The predicted molar refractivity (Wildman–Crippen MR) is 60.9 cm³/mol. The van der Waals surface area contributed by atoms with Crippen molar-refractivity contribution in [3.05, 3.63) is 32.3 Å². The summed E-state index contributed by atoms with van der Waals surface area (Å²) in [5, 5.41) is 10.8. The Morgan fingerprint density at radius 3 is 2.71 bits per heavy atom. The van der Waals surface area contributed by atoms with E-state index in [-0.39, 0.29) is 11.3 Å². The number of ether oxygens (including phenoxy) is 1. The van der Waals surface area contributed by atoms with Gasteiger partial charge in [-0.15, -0.1) is 0 Å². The first kappa shape index (κ1) is 13.1. The van der Waals surface area contributed by atoms with Gasteiger partial charge in [0.15, 0.2) is 12.9 Å². The number of aldehydes is 1. The minimum atomic E-state index is -0.793. The highest BCUT2D eigenvalue weighted by Crippen LogP contribution is 2.33. The minimum Gasteiger partial charge on any atom is -0.476 e. The number of nitrogens with zero attached hydrogens (tertiary/aromatic N) is 1. The van der Waals surface area contributed by atoms with Gasteiger partial charge in [-0.25, -0.2) is 0 Å². The zero-order valence-corrected chi connectivity index (χ0v) is 9.97. The number of amides is 1. The zero-order chi connectivity index (χ0) is 13.0. The molecule has 0 spiro atoms. The molecule has 0 heterocycles. The standard InChI is InChI=1S/C9H7BrN2O5/c10-6-1-5(3-13)9(17-4-8(11)14)7(2-6)12(15)16/h1-3H,4H2,(H2,11,14). The number of primary amides is 1. The predicted octanol–water partition coefficient (Wildman–Crippen LogP) is 1.03. The number of hydrogen-bond acceptors (Lipinski definition) is 5. The van der Waals surface area contributed by atoms with Crippen LogP contribution in [-0.4, -0.2) is 23.7 Å². The highest BCUT2D eigenvalue weighted by molar-refractivity contribution is 9.10. The van der Waals surface area contributed by atoms with Crippen LogP contribution in [0.1, 0.15) is 10.4 Å². The van der Waals surface area contributed by atoms with E-state index in [4.69, 9.17) is 10.5 Å². The Kier molecular flexibility index (Phi) is 4.16. The van der Waals surface area contributed by atoms with E-state index < -0.39 is 23.1 Å². The molecule has 0 saturated heterocycles. The molecule has 1 aromatic carbocycles. The molecule has 0 fully saturated rings. The fourth-order valence-corrected chi connectivity index (χ4v) is 1.59. The lowest BCUT2D eigenvalue weighted by molar-refractivity contribution is -0.385. The van der Waals surface area contributed by atoms with E-state index in [2.05, 4.69) is 15.9 Å². The van der Waals surface area contributed by atoms with Crippen molar-refractivity contribution >= 4 is 33.8 Å². The molecule has 0 aliphatic rings. The number of carbonyl (C=O) groups excluding carboxylic acids is 2. The molecule has 17 heavy (non-hydrogen) atoms. The summed E-state index contributed by atoms with van der Waals surface area (Å²) < 4.78 is 5.23. The summed E-state index contributed by atoms with van der Waals surface area (Å²) in [5.41, 5.74) is 4.41.